The Kier molecular flexibility index (Phi) is 5.96. The molecule has 0 aromatic heterocycles. The van der Waals surface area contributed by atoms with E-state index in [1.165, 1.54) is 5.56 Å². The summed E-state index contributed by atoms with van der Waals surface area (Å²) in [7, 11) is -1.72. The molecule has 1 fully saturated rings. The zero-order valence-corrected chi connectivity index (χ0v) is 16.2. The highest BCUT2D eigenvalue weighted by molar-refractivity contribution is 7.89. The lowest BCUT2D eigenvalue weighted by Crippen LogP contribution is -2.48. The van der Waals surface area contributed by atoms with Crippen LogP contribution in [0.1, 0.15) is 11.1 Å². The average Bonchev–Trinajstić information content (AvgIpc) is 2.67. The number of sulfonamides is 1. The lowest BCUT2D eigenvalue weighted by molar-refractivity contribution is 0.190. The van der Waals surface area contributed by atoms with Crippen molar-refractivity contribution < 1.29 is 13.2 Å². The molecular weight excluding hydrogens is 348 g/mol. The molecule has 0 N–H and O–H groups in total. The minimum atomic E-state index is -3.38. The monoisotopic (exact) mass is 374 g/mol. The molecule has 140 valence electrons. The third-order valence-corrected chi connectivity index (χ3v) is 6.78. The molecule has 0 spiro atoms. The quantitative estimate of drug-likeness (QED) is 0.780. The summed E-state index contributed by atoms with van der Waals surface area (Å²) in [6.45, 7) is 5.50. The summed E-state index contributed by atoms with van der Waals surface area (Å²) in [4.78, 5) is 2.71. The summed E-state index contributed by atoms with van der Waals surface area (Å²) in [5, 5.41) is 0. The van der Waals surface area contributed by atoms with Crippen molar-refractivity contribution in [3.63, 3.8) is 0 Å². The van der Waals surface area contributed by atoms with Gasteiger partial charge >= 0.3 is 0 Å². The van der Waals surface area contributed by atoms with E-state index in [1.807, 2.05) is 31.2 Å². The van der Waals surface area contributed by atoms with Gasteiger partial charge in [-0.2, -0.15) is 4.31 Å². The molecule has 6 heteroatoms. The fourth-order valence-electron chi connectivity index (χ4n) is 3.13. The molecule has 0 saturated carbocycles. The molecule has 1 saturated heterocycles. The number of benzene rings is 2. The zero-order chi connectivity index (χ0) is 18.6. The molecule has 0 aliphatic carbocycles. The van der Waals surface area contributed by atoms with E-state index >= 15 is 0 Å². The van der Waals surface area contributed by atoms with Crippen LogP contribution in [0.2, 0.25) is 0 Å². The third kappa shape index (κ3) is 4.44. The SMILES string of the molecule is COc1ccc(CCN2CCN(S(=O)(=O)c3ccc(C)cc3)CC2)cc1. The molecule has 1 aliphatic heterocycles. The maximum atomic E-state index is 12.7. The van der Waals surface area contributed by atoms with Gasteiger partial charge in [0.25, 0.3) is 0 Å². The predicted molar refractivity (Wildman–Crippen MR) is 103 cm³/mol. The molecule has 0 unspecified atom stereocenters. The predicted octanol–water partition coefficient (Wildman–Crippen LogP) is 2.55. The number of hydrogen-bond donors (Lipinski definition) is 0. The molecule has 0 bridgehead atoms. The maximum absolute atomic E-state index is 12.7. The highest BCUT2D eigenvalue weighted by Gasteiger charge is 2.28. The van der Waals surface area contributed by atoms with E-state index in [0.717, 1.165) is 37.4 Å². The molecule has 2 aromatic carbocycles. The van der Waals surface area contributed by atoms with Crippen LogP contribution in [0.3, 0.4) is 0 Å². The third-order valence-electron chi connectivity index (χ3n) is 4.87. The highest BCUT2D eigenvalue weighted by Crippen LogP contribution is 2.18. The summed E-state index contributed by atoms with van der Waals surface area (Å²) in [6, 6.07) is 15.2. The molecule has 0 amide bonds. The van der Waals surface area contributed by atoms with Crippen molar-refractivity contribution in [1.29, 1.82) is 0 Å². The first-order valence-electron chi connectivity index (χ1n) is 8.91. The first-order chi connectivity index (χ1) is 12.5. The fourth-order valence-corrected chi connectivity index (χ4v) is 4.55. The van der Waals surface area contributed by atoms with Gasteiger partial charge in [-0.3, -0.25) is 0 Å². The summed E-state index contributed by atoms with van der Waals surface area (Å²) < 4.78 is 32.3. The van der Waals surface area contributed by atoms with E-state index in [4.69, 9.17) is 4.74 Å². The number of nitrogens with zero attached hydrogens (tertiary/aromatic N) is 2. The standard InChI is InChI=1S/C20H26N2O3S/c1-17-3-9-20(10-4-17)26(23,24)22-15-13-21(14-16-22)12-11-18-5-7-19(25-2)8-6-18/h3-10H,11-16H2,1-2H3. The smallest absolute Gasteiger partial charge is 0.243 e. The van der Waals surface area contributed by atoms with E-state index in [9.17, 15) is 8.42 Å². The molecule has 1 heterocycles. The van der Waals surface area contributed by atoms with Gasteiger partial charge in [0.1, 0.15) is 5.75 Å². The van der Waals surface area contributed by atoms with Crippen molar-refractivity contribution in [3.05, 3.63) is 59.7 Å². The molecular formula is C20H26N2O3S. The zero-order valence-electron chi connectivity index (χ0n) is 15.4. The van der Waals surface area contributed by atoms with Gasteiger partial charge in [0.15, 0.2) is 0 Å². The van der Waals surface area contributed by atoms with Crippen LogP contribution in [0.5, 0.6) is 5.75 Å². The van der Waals surface area contributed by atoms with E-state index < -0.39 is 10.0 Å². The van der Waals surface area contributed by atoms with Crippen molar-refractivity contribution in [2.45, 2.75) is 18.2 Å². The largest absolute Gasteiger partial charge is 0.497 e. The Morgan fingerprint density at radius 2 is 1.54 bits per heavy atom. The number of rotatable bonds is 6. The summed E-state index contributed by atoms with van der Waals surface area (Å²) >= 11 is 0. The van der Waals surface area contributed by atoms with Gasteiger partial charge in [0.05, 0.1) is 12.0 Å². The topological polar surface area (TPSA) is 49.9 Å². The number of ether oxygens (including phenoxy) is 1. The molecule has 26 heavy (non-hydrogen) atoms. The second-order valence-electron chi connectivity index (χ2n) is 6.66. The van der Waals surface area contributed by atoms with Crippen LogP contribution in [0.15, 0.2) is 53.4 Å². The van der Waals surface area contributed by atoms with E-state index in [-0.39, 0.29) is 0 Å². The Balaban J connectivity index is 1.52. The lowest BCUT2D eigenvalue weighted by atomic mass is 10.1. The van der Waals surface area contributed by atoms with Crippen LogP contribution >= 0.6 is 0 Å². The lowest BCUT2D eigenvalue weighted by Gasteiger charge is -2.34. The minimum Gasteiger partial charge on any atom is -0.497 e. The molecule has 3 rings (SSSR count). The van der Waals surface area contributed by atoms with Crippen LogP contribution in [0.4, 0.5) is 0 Å². The summed E-state index contributed by atoms with van der Waals surface area (Å²) in [5.41, 5.74) is 2.33. The summed E-state index contributed by atoms with van der Waals surface area (Å²) in [5.74, 6) is 0.865. The first-order valence-corrected chi connectivity index (χ1v) is 10.3. The second-order valence-corrected chi connectivity index (χ2v) is 8.59. The van der Waals surface area contributed by atoms with Crippen molar-refractivity contribution in [2.75, 3.05) is 39.8 Å². The molecule has 0 atom stereocenters. The van der Waals surface area contributed by atoms with Gasteiger partial charge in [-0.15, -0.1) is 0 Å². The number of methoxy groups -OCH3 is 1. The molecule has 2 aromatic rings. The van der Waals surface area contributed by atoms with Gasteiger partial charge in [0, 0.05) is 32.7 Å². The van der Waals surface area contributed by atoms with E-state index in [0.29, 0.717) is 18.0 Å². The Bertz CT molecular complexity index is 809. The Hall–Kier alpha value is -1.89. The van der Waals surface area contributed by atoms with E-state index in [2.05, 4.69) is 17.0 Å². The second kappa shape index (κ2) is 8.20. The normalized spacial score (nSPS) is 16.5. The number of hydrogen-bond acceptors (Lipinski definition) is 4. The maximum Gasteiger partial charge on any atom is 0.243 e. The van der Waals surface area contributed by atoms with E-state index in [1.54, 1.807) is 23.5 Å². The van der Waals surface area contributed by atoms with Crippen LogP contribution in [0, 0.1) is 6.92 Å². The summed E-state index contributed by atoms with van der Waals surface area (Å²) in [6.07, 6.45) is 0.953. The van der Waals surface area contributed by atoms with Crippen LogP contribution in [-0.2, 0) is 16.4 Å². The Morgan fingerprint density at radius 1 is 0.923 bits per heavy atom. The van der Waals surface area contributed by atoms with Gasteiger partial charge < -0.3 is 9.64 Å². The van der Waals surface area contributed by atoms with Crippen molar-refractivity contribution in [2.24, 2.45) is 0 Å². The van der Waals surface area contributed by atoms with Gasteiger partial charge in [0.2, 0.25) is 10.0 Å². The van der Waals surface area contributed by atoms with Gasteiger partial charge in [-0.1, -0.05) is 29.8 Å². The van der Waals surface area contributed by atoms with Gasteiger partial charge in [-0.25, -0.2) is 8.42 Å². The van der Waals surface area contributed by atoms with Crippen LogP contribution < -0.4 is 4.74 Å². The highest BCUT2D eigenvalue weighted by atomic mass is 32.2. The molecule has 1 aliphatic rings. The van der Waals surface area contributed by atoms with Crippen molar-refractivity contribution in [3.8, 4) is 5.75 Å². The van der Waals surface area contributed by atoms with Crippen LogP contribution in [0.25, 0.3) is 0 Å². The van der Waals surface area contributed by atoms with Crippen molar-refractivity contribution in [1.82, 2.24) is 9.21 Å². The minimum absolute atomic E-state index is 0.384. The van der Waals surface area contributed by atoms with Gasteiger partial charge in [-0.05, 0) is 43.2 Å². The molecule has 5 nitrogen and oxygen atoms in total. The molecule has 0 radical (unpaired) electrons. The Morgan fingerprint density at radius 3 is 2.12 bits per heavy atom. The van der Waals surface area contributed by atoms with Crippen molar-refractivity contribution >= 4 is 10.0 Å². The number of piperazine rings is 1. The number of aryl methyl sites for hydroxylation is 1. The fraction of sp³-hybridized carbons (Fsp3) is 0.400. The Labute approximate surface area is 156 Å². The average molecular weight is 375 g/mol. The van der Waals surface area contributed by atoms with Crippen LogP contribution in [-0.4, -0.2) is 57.5 Å². The first kappa shape index (κ1) is 18.9.